The zero-order chi connectivity index (χ0) is 10.2. The third-order valence-electron chi connectivity index (χ3n) is 3.30. The van der Waals surface area contributed by atoms with Crippen molar-refractivity contribution in [2.45, 2.75) is 58.4 Å². The van der Waals surface area contributed by atoms with Crippen LogP contribution in [0.1, 0.15) is 52.4 Å². The SMILES string of the molecule is C/C=C/CNC1CCC(CCC)CC1. The number of hydrogen-bond acceptors (Lipinski definition) is 1. The summed E-state index contributed by atoms with van der Waals surface area (Å²) in [5.74, 6) is 1.03. The predicted octanol–water partition coefficient (Wildman–Crippen LogP) is 3.51. The molecule has 1 rings (SSSR count). The smallest absolute Gasteiger partial charge is 0.0137 e. The van der Waals surface area contributed by atoms with Crippen molar-refractivity contribution in [3.8, 4) is 0 Å². The van der Waals surface area contributed by atoms with Crippen molar-refractivity contribution in [1.82, 2.24) is 5.32 Å². The molecular weight excluding hydrogens is 170 g/mol. The molecule has 0 unspecified atom stereocenters. The van der Waals surface area contributed by atoms with Crippen LogP contribution in [0.15, 0.2) is 12.2 Å². The van der Waals surface area contributed by atoms with E-state index in [0.29, 0.717) is 0 Å². The third-order valence-corrected chi connectivity index (χ3v) is 3.30. The average molecular weight is 195 g/mol. The Morgan fingerprint density at radius 3 is 2.50 bits per heavy atom. The first kappa shape index (κ1) is 11.8. The summed E-state index contributed by atoms with van der Waals surface area (Å²) in [7, 11) is 0. The minimum atomic E-state index is 0.791. The van der Waals surface area contributed by atoms with E-state index < -0.39 is 0 Å². The first-order valence-corrected chi connectivity index (χ1v) is 6.21. The van der Waals surface area contributed by atoms with Gasteiger partial charge in [0.2, 0.25) is 0 Å². The Kier molecular flexibility index (Phi) is 5.93. The molecule has 0 amide bonds. The molecule has 0 heterocycles. The largest absolute Gasteiger partial charge is 0.311 e. The maximum absolute atomic E-state index is 3.60. The van der Waals surface area contributed by atoms with Gasteiger partial charge in [-0.15, -0.1) is 0 Å². The lowest BCUT2D eigenvalue weighted by molar-refractivity contribution is 0.283. The van der Waals surface area contributed by atoms with Gasteiger partial charge in [0.05, 0.1) is 0 Å². The molecule has 0 aliphatic heterocycles. The van der Waals surface area contributed by atoms with Crippen LogP contribution in [0.5, 0.6) is 0 Å². The molecule has 1 aliphatic rings. The second kappa shape index (κ2) is 7.05. The van der Waals surface area contributed by atoms with Crippen molar-refractivity contribution >= 4 is 0 Å². The fraction of sp³-hybridized carbons (Fsp3) is 0.846. The molecule has 0 atom stereocenters. The number of rotatable bonds is 5. The molecule has 1 nitrogen and oxygen atoms in total. The van der Waals surface area contributed by atoms with Gasteiger partial charge in [-0.3, -0.25) is 0 Å². The average Bonchev–Trinajstić information content (AvgIpc) is 2.21. The quantitative estimate of drug-likeness (QED) is 0.662. The molecule has 0 aromatic heterocycles. The Morgan fingerprint density at radius 1 is 1.21 bits per heavy atom. The van der Waals surface area contributed by atoms with Gasteiger partial charge in [0.25, 0.3) is 0 Å². The van der Waals surface area contributed by atoms with E-state index >= 15 is 0 Å². The Hall–Kier alpha value is -0.300. The fourth-order valence-electron chi connectivity index (χ4n) is 2.42. The van der Waals surface area contributed by atoms with Crippen LogP contribution in [0.25, 0.3) is 0 Å². The van der Waals surface area contributed by atoms with Crippen molar-refractivity contribution in [1.29, 1.82) is 0 Å². The van der Waals surface area contributed by atoms with Crippen LogP contribution in [0.4, 0.5) is 0 Å². The van der Waals surface area contributed by atoms with Gasteiger partial charge in [-0.25, -0.2) is 0 Å². The van der Waals surface area contributed by atoms with E-state index in [1.807, 2.05) is 0 Å². The Balaban J connectivity index is 2.09. The van der Waals surface area contributed by atoms with Gasteiger partial charge < -0.3 is 5.32 Å². The van der Waals surface area contributed by atoms with Gasteiger partial charge in [0.15, 0.2) is 0 Å². The minimum Gasteiger partial charge on any atom is -0.311 e. The van der Waals surface area contributed by atoms with Crippen LogP contribution in [0.3, 0.4) is 0 Å². The summed E-state index contributed by atoms with van der Waals surface area (Å²) in [6, 6.07) is 0.791. The molecule has 14 heavy (non-hydrogen) atoms. The summed E-state index contributed by atoms with van der Waals surface area (Å²) in [4.78, 5) is 0. The molecular formula is C13H25N. The number of hydrogen-bond donors (Lipinski definition) is 1. The number of allylic oxidation sites excluding steroid dienone is 1. The molecule has 1 fully saturated rings. The molecule has 0 aromatic carbocycles. The van der Waals surface area contributed by atoms with Gasteiger partial charge in [0, 0.05) is 12.6 Å². The van der Waals surface area contributed by atoms with Crippen molar-refractivity contribution in [3.63, 3.8) is 0 Å². The Bertz CT molecular complexity index is 155. The lowest BCUT2D eigenvalue weighted by atomic mass is 9.83. The Labute approximate surface area is 89.0 Å². The van der Waals surface area contributed by atoms with Gasteiger partial charge in [0.1, 0.15) is 0 Å². The molecule has 1 heteroatoms. The van der Waals surface area contributed by atoms with Crippen LogP contribution < -0.4 is 5.32 Å². The molecule has 0 spiro atoms. The first-order valence-electron chi connectivity index (χ1n) is 6.21. The van der Waals surface area contributed by atoms with Crippen LogP contribution in [-0.4, -0.2) is 12.6 Å². The van der Waals surface area contributed by atoms with Gasteiger partial charge in [-0.2, -0.15) is 0 Å². The normalized spacial score (nSPS) is 28.4. The molecule has 0 bridgehead atoms. The van der Waals surface area contributed by atoms with E-state index in [-0.39, 0.29) is 0 Å². The highest BCUT2D eigenvalue weighted by Gasteiger charge is 2.19. The maximum Gasteiger partial charge on any atom is 0.0137 e. The van der Waals surface area contributed by atoms with Crippen molar-refractivity contribution in [3.05, 3.63) is 12.2 Å². The monoisotopic (exact) mass is 195 g/mol. The van der Waals surface area contributed by atoms with E-state index in [9.17, 15) is 0 Å². The van der Waals surface area contributed by atoms with Gasteiger partial charge >= 0.3 is 0 Å². The third kappa shape index (κ3) is 4.28. The standard InChI is InChI=1S/C13H25N/c1-3-5-11-14-13-9-7-12(6-4-2)8-10-13/h3,5,12-14H,4,6-11H2,1-2H3/b5-3+. The molecule has 1 saturated carbocycles. The summed E-state index contributed by atoms with van der Waals surface area (Å²) in [5, 5.41) is 3.60. The maximum atomic E-state index is 3.60. The zero-order valence-corrected chi connectivity index (χ0v) is 9.76. The predicted molar refractivity (Wildman–Crippen MR) is 63.5 cm³/mol. The highest BCUT2D eigenvalue weighted by molar-refractivity contribution is 4.83. The Morgan fingerprint density at radius 2 is 1.93 bits per heavy atom. The van der Waals surface area contributed by atoms with Gasteiger partial charge in [-0.1, -0.05) is 31.9 Å². The van der Waals surface area contributed by atoms with Crippen LogP contribution >= 0.6 is 0 Å². The van der Waals surface area contributed by atoms with Gasteiger partial charge in [-0.05, 0) is 38.5 Å². The lowest BCUT2D eigenvalue weighted by Gasteiger charge is -2.28. The molecule has 0 aromatic rings. The van der Waals surface area contributed by atoms with Crippen LogP contribution in [0, 0.1) is 5.92 Å². The van der Waals surface area contributed by atoms with Crippen molar-refractivity contribution in [2.24, 2.45) is 5.92 Å². The second-order valence-corrected chi connectivity index (χ2v) is 4.48. The van der Waals surface area contributed by atoms with E-state index in [1.165, 1.54) is 38.5 Å². The second-order valence-electron chi connectivity index (χ2n) is 4.48. The highest BCUT2D eigenvalue weighted by Crippen LogP contribution is 2.27. The first-order chi connectivity index (χ1) is 6.86. The summed E-state index contributed by atoms with van der Waals surface area (Å²) in [5.41, 5.74) is 0. The highest BCUT2D eigenvalue weighted by atomic mass is 14.9. The molecule has 1 N–H and O–H groups in total. The van der Waals surface area contributed by atoms with E-state index in [2.05, 4.69) is 31.3 Å². The topological polar surface area (TPSA) is 12.0 Å². The summed E-state index contributed by atoms with van der Waals surface area (Å²) in [6.45, 7) is 5.44. The van der Waals surface area contributed by atoms with Crippen LogP contribution in [0.2, 0.25) is 0 Å². The number of nitrogens with one attached hydrogen (secondary N) is 1. The van der Waals surface area contributed by atoms with E-state index in [4.69, 9.17) is 0 Å². The van der Waals surface area contributed by atoms with E-state index in [0.717, 1.165) is 18.5 Å². The molecule has 1 aliphatic carbocycles. The van der Waals surface area contributed by atoms with Crippen molar-refractivity contribution in [2.75, 3.05) is 6.54 Å². The molecule has 0 saturated heterocycles. The minimum absolute atomic E-state index is 0.791. The fourth-order valence-corrected chi connectivity index (χ4v) is 2.42. The van der Waals surface area contributed by atoms with Crippen LogP contribution in [-0.2, 0) is 0 Å². The van der Waals surface area contributed by atoms with E-state index in [1.54, 1.807) is 0 Å². The molecule has 82 valence electrons. The van der Waals surface area contributed by atoms with Crippen molar-refractivity contribution < 1.29 is 0 Å². The lowest BCUT2D eigenvalue weighted by Crippen LogP contribution is -2.33. The summed E-state index contributed by atoms with van der Waals surface area (Å²) in [6.07, 6.45) is 12.8. The summed E-state index contributed by atoms with van der Waals surface area (Å²) < 4.78 is 0. The zero-order valence-electron chi connectivity index (χ0n) is 9.76. The molecule has 0 radical (unpaired) electrons. The summed E-state index contributed by atoms with van der Waals surface area (Å²) >= 11 is 0.